The Labute approximate surface area is 119 Å². The quantitative estimate of drug-likeness (QED) is 0.820. The van der Waals surface area contributed by atoms with Crippen LogP contribution in [0.4, 0.5) is 10.1 Å². The number of nitriles is 1. The Balaban J connectivity index is 2.22. The molecule has 0 amide bonds. The van der Waals surface area contributed by atoms with Crippen molar-refractivity contribution in [3.8, 4) is 6.07 Å². The Hall–Kier alpha value is -2.34. The zero-order chi connectivity index (χ0) is 14.4. The van der Waals surface area contributed by atoms with Crippen molar-refractivity contribution >= 4 is 5.69 Å². The molecule has 1 atom stereocenters. The van der Waals surface area contributed by atoms with E-state index >= 15 is 0 Å². The maximum absolute atomic E-state index is 13.9. The zero-order valence-electron chi connectivity index (χ0n) is 11.5. The summed E-state index contributed by atoms with van der Waals surface area (Å²) in [4.78, 5) is 1.90. The fraction of sp³-hybridized carbons (Fsp3) is 0.235. The molecule has 0 aliphatic rings. The first kappa shape index (κ1) is 14.1. The minimum absolute atomic E-state index is 0.251. The lowest BCUT2D eigenvalue weighted by molar-refractivity contribution is 0.615. The third kappa shape index (κ3) is 3.16. The number of nitrogens with zero attached hydrogens (tertiary/aromatic N) is 2. The number of para-hydroxylation sites is 1. The molecule has 0 bridgehead atoms. The van der Waals surface area contributed by atoms with Crippen molar-refractivity contribution in [2.24, 2.45) is 0 Å². The lowest BCUT2D eigenvalue weighted by Crippen LogP contribution is -2.28. The molecule has 0 fully saturated rings. The summed E-state index contributed by atoms with van der Waals surface area (Å²) in [7, 11) is 0. The Morgan fingerprint density at radius 2 is 1.75 bits per heavy atom. The highest BCUT2D eigenvalue weighted by Gasteiger charge is 2.17. The molecule has 0 saturated carbocycles. The van der Waals surface area contributed by atoms with Gasteiger partial charge in [0.1, 0.15) is 5.82 Å². The molecular weight excluding hydrogens is 251 g/mol. The van der Waals surface area contributed by atoms with Gasteiger partial charge in [0.25, 0.3) is 0 Å². The molecule has 0 aromatic heterocycles. The standard InChI is InChI=1S/C17H17FN2/c1-2-20(17-11-7-6-10-16(17)18)13-15(12-19)14-8-4-3-5-9-14/h3-11,15H,2,13H2,1H3. The summed E-state index contributed by atoms with van der Waals surface area (Å²) in [5.41, 5.74) is 1.51. The number of rotatable bonds is 5. The van der Waals surface area contributed by atoms with E-state index in [1.54, 1.807) is 12.1 Å². The van der Waals surface area contributed by atoms with E-state index in [-0.39, 0.29) is 11.7 Å². The molecule has 0 saturated heterocycles. The van der Waals surface area contributed by atoms with Crippen LogP contribution in [-0.2, 0) is 0 Å². The van der Waals surface area contributed by atoms with Gasteiger partial charge in [-0.1, -0.05) is 42.5 Å². The first-order chi connectivity index (χ1) is 9.76. The molecular formula is C17H17FN2. The number of hydrogen-bond acceptors (Lipinski definition) is 2. The van der Waals surface area contributed by atoms with Gasteiger partial charge in [-0.05, 0) is 24.6 Å². The first-order valence-corrected chi connectivity index (χ1v) is 6.70. The van der Waals surface area contributed by atoms with Crippen molar-refractivity contribution in [1.82, 2.24) is 0 Å². The van der Waals surface area contributed by atoms with Gasteiger partial charge in [0.2, 0.25) is 0 Å². The Morgan fingerprint density at radius 3 is 2.35 bits per heavy atom. The van der Waals surface area contributed by atoms with E-state index < -0.39 is 0 Å². The highest BCUT2D eigenvalue weighted by atomic mass is 19.1. The zero-order valence-corrected chi connectivity index (χ0v) is 11.5. The molecule has 2 nitrogen and oxygen atoms in total. The Morgan fingerprint density at radius 1 is 1.10 bits per heavy atom. The number of hydrogen-bond donors (Lipinski definition) is 0. The Kier molecular flexibility index (Phi) is 4.73. The van der Waals surface area contributed by atoms with E-state index in [4.69, 9.17) is 0 Å². The predicted octanol–water partition coefficient (Wildman–Crippen LogP) is 3.96. The second-order valence-electron chi connectivity index (χ2n) is 4.58. The summed E-state index contributed by atoms with van der Waals surface area (Å²) < 4.78 is 13.9. The van der Waals surface area contributed by atoms with Gasteiger partial charge in [-0.3, -0.25) is 0 Å². The normalized spacial score (nSPS) is 11.7. The van der Waals surface area contributed by atoms with Crippen molar-refractivity contribution in [3.05, 3.63) is 66.0 Å². The lowest BCUT2D eigenvalue weighted by atomic mass is 10.00. The highest BCUT2D eigenvalue weighted by Crippen LogP contribution is 2.23. The average Bonchev–Trinajstić information content (AvgIpc) is 2.50. The maximum atomic E-state index is 13.9. The van der Waals surface area contributed by atoms with Gasteiger partial charge >= 0.3 is 0 Å². The molecule has 2 aromatic rings. The van der Waals surface area contributed by atoms with Gasteiger partial charge in [0, 0.05) is 13.1 Å². The topological polar surface area (TPSA) is 27.0 Å². The number of likely N-dealkylation sites (N-methyl/N-ethyl adjacent to an activating group) is 1. The maximum Gasteiger partial charge on any atom is 0.146 e. The van der Waals surface area contributed by atoms with Crippen molar-refractivity contribution in [2.45, 2.75) is 12.8 Å². The molecule has 102 valence electrons. The summed E-state index contributed by atoms with van der Waals surface area (Å²) >= 11 is 0. The van der Waals surface area contributed by atoms with Gasteiger partial charge in [-0.2, -0.15) is 5.26 Å². The van der Waals surface area contributed by atoms with Crippen LogP contribution in [0, 0.1) is 17.1 Å². The van der Waals surface area contributed by atoms with E-state index in [0.717, 1.165) is 5.56 Å². The van der Waals surface area contributed by atoms with Crippen molar-refractivity contribution < 1.29 is 4.39 Å². The smallest absolute Gasteiger partial charge is 0.146 e. The third-order valence-corrected chi connectivity index (χ3v) is 3.34. The molecule has 0 aliphatic carbocycles. The predicted molar refractivity (Wildman–Crippen MR) is 79.1 cm³/mol. The van der Waals surface area contributed by atoms with Gasteiger partial charge in [-0.15, -0.1) is 0 Å². The van der Waals surface area contributed by atoms with Gasteiger partial charge in [0.15, 0.2) is 0 Å². The van der Waals surface area contributed by atoms with Gasteiger partial charge < -0.3 is 4.90 Å². The van der Waals surface area contributed by atoms with E-state index in [1.165, 1.54) is 6.07 Å². The summed E-state index contributed by atoms with van der Waals surface area (Å²) in [6.07, 6.45) is 0. The second kappa shape index (κ2) is 6.72. The molecule has 0 spiro atoms. The van der Waals surface area contributed by atoms with Crippen LogP contribution in [0.2, 0.25) is 0 Å². The van der Waals surface area contributed by atoms with Crippen LogP contribution in [0.25, 0.3) is 0 Å². The summed E-state index contributed by atoms with van der Waals surface area (Å²) in [5, 5.41) is 9.37. The van der Waals surface area contributed by atoms with Crippen LogP contribution in [0.15, 0.2) is 54.6 Å². The lowest BCUT2D eigenvalue weighted by Gasteiger charge is -2.26. The van der Waals surface area contributed by atoms with Gasteiger partial charge in [-0.25, -0.2) is 4.39 Å². The molecule has 2 rings (SSSR count). The van der Waals surface area contributed by atoms with E-state index in [0.29, 0.717) is 18.8 Å². The van der Waals surface area contributed by atoms with E-state index in [2.05, 4.69) is 6.07 Å². The molecule has 0 N–H and O–H groups in total. The minimum atomic E-state index is -0.268. The number of anilines is 1. The van der Waals surface area contributed by atoms with Crippen LogP contribution in [-0.4, -0.2) is 13.1 Å². The average molecular weight is 268 g/mol. The van der Waals surface area contributed by atoms with Crippen LogP contribution < -0.4 is 4.90 Å². The SMILES string of the molecule is CCN(CC(C#N)c1ccccc1)c1ccccc1F. The van der Waals surface area contributed by atoms with Crippen LogP contribution in [0.5, 0.6) is 0 Å². The Bertz CT molecular complexity index is 589. The number of halogens is 1. The summed E-state index contributed by atoms with van der Waals surface area (Å²) in [6.45, 7) is 3.11. The molecule has 0 radical (unpaired) electrons. The van der Waals surface area contributed by atoms with Crippen molar-refractivity contribution in [3.63, 3.8) is 0 Å². The summed E-state index contributed by atoms with van der Waals surface area (Å²) in [6, 6.07) is 18.6. The fourth-order valence-corrected chi connectivity index (χ4v) is 2.23. The van der Waals surface area contributed by atoms with Crippen LogP contribution in [0.1, 0.15) is 18.4 Å². The van der Waals surface area contributed by atoms with Crippen LogP contribution in [0.3, 0.4) is 0 Å². The molecule has 2 aromatic carbocycles. The third-order valence-electron chi connectivity index (χ3n) is 3.34. The monoisotopic (exact) mass is 268 g/mol. The molecule has 0 heterocycles. The van der Waals surface area contributed by atoms with E-state index in [1.807, 2.05) is 48.2 Å². The van der Waals surface area contributed by atoms with Crippen molar-refractivity contribution in [2.75, 3.05) is 18.0 Å². The number of benzene rings is 2. The molecule has 3 heteroatoms. The molecule has 20 heavy (non-hydrogen) atoms. The molecule has 0 aliphatic heterocycles. The second-order valence-corrected chi connectivity index (χ2v) is 4.58. The van der Waals surface area contributed by atoms with Crippen LogP contribution >= 0.6 is 0 Å². The first-order valence-electron chi connectivity index (χ1n) is 6.70. The minimum Gasteiger partial charge on any atom is -0.368 e. The largest absolute Gasteiger partial charge is 0.368 e. The fourth-order valence-electron chi connectivity index (χ4n) is 2.23. The highest BCUT2D eigenvalue weighted by molar-refractivity contribution is 5.48. The summed E-state index contributed by atoms with van der Waals surface area (Å²) in [5.74, 6) is -0.519. The van der Waals surface area contributed by atoms with E-state index in [9.17, 15) is 9.65 Å². The molecule has 1 unspecified atom stereocenters. The van der Waals surface area contributed by atoms with Gasteiger partial charge in [0.05, 0.1) is 17.7 Å². The van der Waals surface area contributed by atoms with Crippen molar-refractivity contribution in [1.29, 1.82) is 5.26 Å².